The molecular weight excluding hydrogens is 328 g/mol. The van der Waals surface area contributed by atoms with Crippen LogP contribution in [-0.4, -0.2) is 9.97 Å². The normalized spacial score (nSPS) is 12.3. The van der Waals surface area contributed by atoms with Crippen LogP contribution >= 0.6 is 0 Å². The second kappa shape index (κ2) is 5.75. The van der Waals surface area contributed by atoms with E-state index in [9.17, 15) is 0 Å². The Labute approximate surface area is 160 Å². The van der Waals surface area contributed by atoms with Crippen molar-refractivity contribution < 1.29 is 0 Å². The molecule has 0 atom stereocenters. The number of fused-ring (bicyclic) bond motifs is 3. The highest BCUT2D eigenvalue weighted by Crippen LogP contribution is 2.50. The first-order chi connectivity index (χ1) is 13.1. The maximum atomic E-state index is 3.47. The Hall–Kier alpha value is -3.00. The Morgan fingerprint density at radius 3 is 1.89 bits per heavy atom. The van der Waals surface area contributed by atoms with Gasteiger partial charge in [0.05, 0.1) is 0 Å². The van der Waals surface area contributed by atoms with Gasteiger partial charge in [-0.25, -0.2) is 0 Å². The van der Waals surface area contributed by atoms with E-state index >= 15 is 0 Å². The highest BCUT2D eigenvalue weighted by molar-refractivity contribution is 5.96. The predicted molar refractivity (Wildman–Crippen MR) is 113 cm³/mol. The minimum Gasteiger partial charge on any atom is -0.361 e. The van der Waals surface area contributed by atoms with Gasteiger partial charge in [0.25, 0.3) is 0 Å². The molecule has 2 aromatic carbocycles. The monoisotopic (exact) mass is 352 g/mol. The minimum absolute atomic E-state index is 0.995. The van der Waals surface area contributed by atoms with Crippen LogP contribution in [0.15, 0.2) is 48.8 Å². The van der Waals surface area contributed by atoms with Crippen molar-refractivity contribution >= 4 is 0 Å². The predicted octanol–water partition coefficient (Wildman–Crippen LogP) is 6.48. The lowest BCUT2D eigenvalue weighted by Crippen LogP contribution is -2.00. The molecule has 4 aromatic rings. The number of H-pyrrole nitrogens is 2. The van der Waals surface area contributed by atoms with Crippen LogP contribution in [0, 0.1) is 27.7 Å². The van der Waals surface area contributed by atoms with Crippen molar-refractivity contribution in [2.75, 3.05) is 0 Å². The summed E-state index contributed by atoms with van der Waals surface area (Å²) in [5, 5.41) is 0. The summed E-state index contributed by atoms with van der Waals surface area (Å²) in [5.41, 5.74) is 16.4. The Bertz CT molecular complexity index is 1160. The van der Waals surface area contributed by atoms with Crippen molar-refractivity contribution in [1.29, 1.82) is 0 Å². The molecule has 1 aliphatic carbocycles. The van der Waals surface area contributed by atoms with E-state index in [0.717, 1.165) is 6.42 Å². The first-order valence-corrected chi connectivity index (χ1v) is 9.61. The molecule has 2 aromatic heterocycles. The van der Waals surface area contributed by atoms with Crippen LogP contribution in [0.2, 0.25) is 0 Å². The lowest BCUT2D eigenvalue weighted by atomic mass is 9.84. The molecule has 0 bridgehead atoms. The largest absolute Gasteiger partial charge is 0.361 e. The summed E-state index contributed by atoms with van der Waals surface area (Å²) in [6, 6.07) is 13.1. The standard InChI is InChI=1S/C25H24N2/c1-14-9-10-18-13-19-23(22(18)15(14)2)16(3)17(4)24(20-7-5-11-26-20)25(19)21-8-6-12-27-21/h5-12,26-27H,13H2,1-4H3. The van der Waals surface area contributed by atoms with Gasteiger partial charge in [-0.15, -0.1) is 0 Å². The van der Waals surface area contributed by atoms with Crippen molar-refractivity contribution in [2.45, 2.75) is 34.1 Å². The molecule has 134 valence electrons. The van der Waals surface area contributed by atoms with Crippen molar-refractivity contribution in [3.63, 3.8) is 0 Å². The van der Waals surface area contributed by atoms with E-state index in [-0.39, 0.29) is 0 Å². The van der Waals surface area contributed by atoms with Crippen LogP contribution in [0.5, 0.6) is 0 Å². The van der Waals surface area contributed by atoms with Crippen molar-refractivity contribution in [3.05, 3.63) is 82.2 Å². The number of nitrogens with one attached hydrogen (secondary N) is 2. The summed E-state index contributed by atoms with van der Waals surface area (Å²) in [7, 11) is 0. The van der Waals surface area contributed by atoms with Gasteiger partial charge >= 0.3 is 0 Å². The van der Waals surface area contributed by atoms with E-state index in [1.807, 2.05) is 12.4 Å². The molecule has 0 saturated heterocycles. The number of hydrogen-bond acceptors (Lipinski definition) is 0. The highest BCUT2D eigenvalue weighted by Gasteiger charge is 2.30. The van der Waals surface area contributed by atoms with Crippen LogP contribution in [0.4, 0.5) is 0 Å². The number of aromatic amines is 2. The average Bonchev–Trinajstić information content (AvgIpc) is 3.41. The Morgan fingerprint density at radius 1 is 0.630 bits per heavy atom. The first kappa shape index (κ1) is 16.2. The molecule has 0 radical (unpaired) electrons. The molecule has 2 nitrogen and oxygen atoms in total. The summed E-state index contributed by atoms with van der Waals surface area (Å²) >= 11 is 0. The molecule has 0 unspecified atom stereocenters. The zero-order chi connectivity index (χ0) is 18.7. The topological polar surface area (TPSA) is 31.6 Å². The van der Waals surface area contributed by atoms with Gasteiger partial charge < -0.3 is 9.97 Å². The quantitative estimate of drug-likeness (QED) is 0.364. The van der Waals surface area contributed by atoms with Crippen LogP contribution < -0.4 is 0 Å². The molecule has 0 saturated carbocycles. The third-order valence-electron chi connectivity index (χ3n) is 6.34. The summed E-state index contributed by atoms with van der Waals surface area (Å²) < 4.78 is 0. The molecule has 2 heterocycles. The van der Waals surface area contributed by atoms with Crippen molar-refractivity contribution in [2.24, 2.45) is 0 Å². The SMILES string of the molecule is Cc1ccc2c(c1C)-c1c(C)c(C)c(-c3ccc[nH]3)c(-c3ccc[nH]3)c1C2. The third kappa shape index (κ3) is 2.19. The summed E-state index contributed by atoms with van der Waals surface area (Å²) in [5.74, 6) is 0. The average molecular weight is 352 g/mol. The van der Waals surface area contributed by atoms with Gasteiger partial charge in [0.1, 0.15) is 0 Å². The lowest BCUT2D eigenvalue weighted by molar-refractivity contribution is 1.22. The zero-order valence-corrected chi connectivity index (χ0v) is 16.3. The van der Waals surface area contributed by atoms with Crippen LogP contribution in [0.25, 0.3) is 33.6 Å². The number of benzene rings is 2. The van der Waals surface area contributed by atoms with Gasteiger partial charge in [-0.2, -0.15) is 0 Å². The van der Waals surface area contributed by atoms with E-state index in [1.54, 1.807) is 0 Å². The molecule has 0 aliphatic heterocycles. The van der Waals surface area contributed by atoms with Gasteiger partial charge in [0, 0.05) is 34.9 Å². The zero-order valence-electron chi connectivity index (χ0n) is 16.3. The number of aromatic nitrogens is 2. The third-order valence-corrected chi connectivity index (χ3v) is 6.34. The molecule has 0 fully saturated rings. The molecule has 27 heavy (non-hydrogen) atoms. The van der Waals surface area contributed by atoms with E-state index in [1.165, 1.54) is 67.0 Å². The van der Waals surface area contributed by atoms with Crippen LogP contribution in [-0.2, 0) is 6.42 Å². The molecule has 1 aliphatic rings. The molecule has 2 N–H and O–H groups in total. The first-order valence-electron chi connectivity index (χ1n) is 9.61. The summed E-state index contributed by atoms with van der Waals surface area (Å²) in [6.07, 6.45) is 5.03. The number of rotatable bonds is 2. The maximum Gasteiger partial charge on any atom is 0.0463 e. The minimum atomic E-state index is 0.995. The van der Waals surface area contributed by atoms with Crippen molar-refractivity contribution in [3.8, 4) is 33.6 Å². The molecule has 0 spiro atoms. The second-order valence-corrected chi connectivity index (χ2v) is 7.74. The van der Waals surface area contributed by atoms with E-state index in [4.69, 9.17) is 0 Å². The van der Waals surface area contributed by atoms with Gasteiger partial charge in [-0.05, 0) is 103 Å². The van der Waals surface area contributed by atoms with Crippen molar-refractivity contribution in [1.82, 2.24) is 9.97 Å². The van der Waals surface area contributed by atoms with Gasteiger partial charge in [0.2, 0.25) is 0 Å². The lowest BCUT2D eigenvalue weighted by Gasteiger charge is -2.21. The van der Waals surface area contributed by atoms with Gasteiger partial charge in [0.15, 0.2) is 0 Å². The Kier molecular flexibility index (Phi) is 3.45. The maximum absolute atomic E-state index is 3.47. The Balaban J connectivity index is 1.93. The fourth-order valence-corrected chi connectivity index (χ4v) is 4.74. The molecule has 0 amide bonds. The molecule has 5 rings (SSSR count). The van der Waals surface area contributed by atoms with E-state index < -0.39 is 0 Å². The number of aryl methyl sites for hydroxylation is 1. The van der Waals surface area contributed by atoms with Crippen LogP contribution in [0.1, 0.15) is 33.4 Å². The smallest absolute Gasteiger partial charge is 0.0463 e. The molecule has 2 heteroatoms. The van der Waals surface area contributed by atoms with E-state index in [2.05, 4.69) is 74.1 Å². The Morgan fingerprint density at radius 2 is 1.26 bits per heavy atom. The van der Waals surface area contributed by atoms with Gasteiger partial charge in [-0.3, -0.25) is 0 Å². The van der Waals surface area contributed by atoms with E-state index in [0.29, 0.717) is 0 Å². The van der Waals surface area contributed by atoms with Crippen LogP contribution in [0.3, 0.4) is 0 Å². The fourth-order valence-electron chi connectivity index (χ4n) is 4.74. The van der Waals surface area contributed by atoms with Gasteiger partial charge in [-0.1, -0.05) is 12.1 Å². The summed E-state index contributed by atoms with van der Waals surface area (Å²) in [4.78, 5) is 6.91. The number of hydrogen-bond donors (Lipinski definition) is 2. The molecular formula is C25H24N2. The highest BCUT2D eigenvalue weighted by atomic mass is 14.7. The summed E-state index contributed by atoms with van der Waals surface area (Å²) in [6.45, 7) is 9.04. The second-order valence-electron chi connectivity index (χ2n) is 7.74. The fraction of sp³-hybridized carbons (Fsp3) is 0.200.